The van der Waals surface area contributed by atoms with Crippen LogP contribution in [-0.2, 0) is 4.79 Å². The maximum absolute atomic E-state index is 10.8. The molecule has 0 unspecified atom stereocenters. The molecule has 0 radical (unpaired) electrons. The molecule has 9 heavy (non-hydrogen) atoms. The summed E-state index contributed by atoms with van der Waals surface area (Å²) in [6.07, 6.45) is 0. The Bertz CT molecular complexity index is 142. The van der Waals surface area contributed by atoms with Crippen LogP contribution in [-0.4, -0.2) is 18.5 Å². The SMILES string of the molecule is CC1(C)CNC(=O)[C@@H]1N. The lowest BCUT2D eigenvalue weighted by Crippen LogP contribution is -2.38. The van der Waals surface area contributed by atoms with Gasteiger partial charge in [-0.1, -0.05) is 13.8 Å². The van der Waals surface area contributed by atoms with Crippen LogP contribution in [0.1, 0.15) is 13.8 Å². The minimum atomic E-state index is -0.322. The van der Waals surface area contributed by atoms with E-state index >= 15 is 0 Å². The first-order valence-electron chi connectivity index (χ1n) is 3.07. The van der Waals surface area contributed by atoms with Crippen LogP contribution in [0.5, 0.6) is 0 Å². The van der Waals surface area contributed by atoms with Crippen molar-refractivity contribution in [3.63, 3.8) is 0 Å². The number of nitrogens with one attached hydrogen (secondary N) is 1. The third-order valence-electron chi connectivity index (χ3n) is 1.84. The zero-order valence-electron chi connectivity index (χ0n) is 5.77. The predicted octanol–water partition coefficient (Wildman–Crippen LogP) is -0.530. The van der Waals surface area contributed by atoms with E-state index in [0.29, 0.717) is 6.54 Å². The first kappa shape index (κ1) is 6.55. The minimum absolute atomic E-state index is 0.0278. The van der Waals surface area contributed by atoms with Gasteiger partial charge in [0.25, 0.3) is 0 Å². The van der Waals surface area contributed by atoms with Crippen LogP contribution in [0.25, 0.3) is 0 Å². The fourth-order valence-corrected chi connectivity index (χ4v) is 0.890. The van der Waals surface area contributed by atoms with E-state index in [4.69, 9.17) is 5.73 Å². The number of carbonyl (C=O) groups excluding carboxylic acids is 1. The van der Waals surface area contributed by atoms with Crippen LogP contribution in [0.4, 0.5) is 0 Å². The van der Waals surface area contributed by atoms with E-state index < -0.39 is 0 Å². The van der Waals surface area contributed by atoms with Gasteiger partial charge in [-0.05, 0) is 0 Å². The molecule has 0 spiro atoms. The third-order valence-corrected chi connectivity index (χ3v) is 1.84. The molecule has 1 atom stereocenters. The molecule has 0 saturated carbocycles. The molecule has 3 nitrogen and oxygen atoms in total. The van der Waals surface area contributed by atoms with Crippen molar-refractivity contribution in [1.82, 2.24) is 5.32 Å². The van der Waals surface area contributed by atoms with E-state index in [0.717, 1.165) is 0 Å². The van der Waals surface area contributed by atoms with E-state index in [-0.39, 0.29) is 17.4 Å². The van der Waals surface area contributed by atoms with Crippen molar-refractivity contribution in [3.8, 4) is 0 Å². The highest BCUT2D eigenvalue weighted by Crippen LogP contribution is 2.22. The largest absolute Gasteiger partial charge is 0.354 e. The zero-order valence-corrected chi connectivity index (χ0v) is 5.77. The summed E-state index contributed by atoms with van der Waals surface area (Å²) in [6, 6.07) is -0.322. The molecule has 1 saturated heterocycles. The monoisotopic (exact) mass is 128 g/mol. The van der Waals surface area contributed by atoms with E-state index in [2.05, 4.69) is 5.32 Å². The lowest BCUT2D eigenvalue weighted by Gasteiger charge is -2.18. The van der Waals surface area contributed by atoms with Gasteiger partial charge in [-0.15, -0.1) is 0 Å². The summed E-state index contributed by atoms with van der Waals surface area (Å²) in [6.45, 7) is 4.66. The topological polar surface area (TPSA) is 55.1 Å². The first-order chi connectivity index (χ1) is 4.04. The Morgan fingerprint density at radius 3 is 2.44 bits per heavy atom. The van der Waals surface area contributed by atoms with Crippen LogP contribution in [0, 0.1) is 5.41 Å². The van der Waals surface area contributed by atoms with Crippen molar-refractivity contribution < 1.29 is 4.79 Å². The molecule has 1 heterocycles. The van der Waals surface area contributed by atoms with Gasteiger partial charge >= 0.3 is 0 Å². The summed E-state index contributed by atoms with van der Waals surface area (Å²) in [7, 11) is 0. The second kappa shape index (κ2) is 1.70. The molecule has 3 N–H and O–H groups in total. The van der Waals surface area contributed by atoms with Gasteiger partial charge < -0.3 is 11.1 Å². The third kappa shape index (κ3) is 0.920. The first-order valence-corrected chi connectivity index (χ1v) is 3.07. The molecule has 0 aromatic heterocycles. The summed E-state index contributed by atoms with van der Waals surface area (Å²) in [5.41, 5.74) is 5.49. The molecule has 3 heteroatoms. The number of hydrogen-bond donors (Lipinski definition) is 2. The maximum atomic E-state index is 10.8. The molecule has 52 valence electrons. The molecule has 1 fully saturated rings. The van der Waals surface area contributed by atoms with Crippen molar-refractivity contribution in [2.75, 3.05) is 6.54 Å². The van der Waals surface area contributed by atoms with Gasteiger partial charge in [0.2, 0.25) is 5.91 Å². The van der Waals surface area contributed by atoms with Crippen LogP contribution in [0.2, 0.25) is 0 Å². The molecule has 0 aromatic rings. The van der Waals surface area contributed by atoms with E-state index in [1.54, 1.807) is 0 Å². The summed E-state index contributed by atoms with van der Waals surface area (Å²) >= 11 is 0. The quantitative estimate of drug-likeness (QED) is 0.461. The maximum Gasteiger partial charge on any atom is 0.237 e. The molecule has 1 aliphatic rings. The number of nitrogens with two attached hydrogens (primary N) is 1. The molecular weight excluding hydrogens is 116 g/mol. The van der Waals surface area contributed by atoms with Gasteiger partial charge in [-0.2, -0.15) is 0 Å². The number of carbonyl (C=O) groups is 1. The van der Waals surface area contributed by atoms with Crippen molar-refractivity contribution >= 4 is 5.91 Å². The zero-order chi connectivity index (χ0) is 7.07. The summed E-state index contributed by atoms with van der Waals surface area (Å²) in [5, 5.41) is 2.70. The Kier molecular flexibility index (Phi) is 1.24. The number of amides is 1. The Balaban J connectivity index is 2.73. The van der Waals surface area contributed by atoms with Crippen molar-refractivity contribution in [2.45, 2.75) is 19.9 Å². The van der Waals surface area contributed by atoms with Crippen LogP contribution in [0.3, 0.4) is 0 Å². The van der Waals surface area contributed by atoms with Crippen molar-refractivity contribution in [2.24, 2.45) is 11.1 Å². The highest BCUT2D eigenvalue weighted by Gasteiger charge is 2.37. The fourth-order valence-electron chi connectivity index (χ4n) is 0.890. The summed E-state index contributed by atoms with van der Waals surface area (Å²) in [4.78, 5) is 10.8. The Hall–Kier alpha value is -0.570. The van der Waals surface area contributed by atoms with Gasteiger partial charge in [0.1, 0.15) is 0 Å². The standard InChI is InChI=1S/C6H12N2O/c1-6(2)3-8-5(9)4(6)7/h4H,3,7H2,1-2H3,(H,8,9)/t4-/m0/s1. The average Bonchev–Trinajstić information content (AvgIpc) is 1.97. The normalized spacial score (nSPS) is 32.3. The minimum Gasteiger partial charge on any atom is -0.354 e. The fraction of sp³-hybridized carbons (Fsp3) is 0.833. The smallest absolute Gasteiger partial charge is 0.237 e. The van der Waals surface area contributed by atoms with E-state index in [9.17, 15) is 4.79 Å². The summed E-state index contributed by atoms with van der Waals surface area (Å²) < 4.78 is 0. The molecule has 0 aromatic carbocycles. The molecule has 1 aliphatic heterocycles. The van der Waals surface area contributed by atoms with Crippen LogP contribution < -0.4 is 11.1 Å². The second-order valence-corrected chi connectivity index (χ2v) is 3.18. The Labute approximate surface area is 54.6 Å². The lowest BCUT2D eigenvalue weighted by atomic mass is 9.88. The number of hydrogen-bond acceptors (Lipinski definition) is 2. The average molecular weight is 128 g/mol. The molecule has 1 rings (SSSR count). The number of rotatable bonds is 0. The van der Waals surface area contributed by atoms with Gasteiger partial charge in [0.15, 0.2) is 0 Å². The molecular formula is C6H12N2O. The molecule has 0 bridgehead atoms. The van der Waals surface area contributed by atoms with Gasteiger partial charge in [0, 0.05) is 12.0 Å². The second-order valence-electron chi connectivity index (χ2n) is 3.18. The van der Waals surface area contributed by atoms with Crippen molar-refractivity contribution in [1.29, 1.82) is 0 Å². The van der Waals surface area contributed by atoms with Gasteiger partial charge in [0.05, 0.1) is 6.04 Å². The van der Waals surface area contributed by atoms with Gasteiger partial charge in [-0.3, -0.25) is 4.79 Å². The van der Waals surface area contributed by atoms with Crippen LogP contribution >= 0.6 is 0 Å². The predicted molar refractivity (Wildman–Crippen MR) is 34.8 cm³/mol. The van der Waals surface area contributed by atoms with E-state index in [1.165, 1.54) is 0 Å². The Morgan fingerprint density at radius 1 is 1.78 bits per heavy atom. The Morgan fingerprint density at radius 2 is 2.33 bits per heavy atom. The lowest BCUT2D eigenvalue weighted by molar-refractivity contribution is -0.120. The van der Waals surface area contributed by atoms with E-state index in [1.807, 2.05) is 13.8 Å². The highest BCUT2D eigenvalue weighted by molar-refractivity contribution is 5.84. The molecule has 0 aliphatic carbocycles. The highest BCUT2D eigenvalue weighted by atomic mass is 16.2. The molecule has 1 amide bonds. The van der Waals surface area contributed by atoms with Crippen LogP contribution in [0.15, 0.2) is 0 Å². The van der Waals surface area contributed by atoms with Crippen molar-refractivity contribution in [3.05, 3.63) is 0 Å². The van der Waals surface area contributed by atoms with Gasteiger partial charge in [-0.25, -0.2) is 0 Å². The summed E-state index contributed by atoms with van der Waals surface area (Å²) in [5.74, 6) is -0.0278.